The second-order valence-electron chi connectivity index (χ2n) is 5.10. The molecule has 0 aliphatic heterocycles. The van der Waals surface area contributed by atoms with Crippen molar-refractivity contribution in [3.8, 4) is 0 Å². The number of anilines is 1. The standard InChI is InChI=1S/C15H20ClNO2/c1-5-15(2,3)17(4)12-8-6-11(13(16)10-12)7-9-14(18)19/h6-10H,5H2,1-4H3,(H,18,19)/b9-7+. The smallest absolute Gasteiger partial charge is 0.328 e. The molecule has 0 unspecified atom stereocenters. The molecule has 1 N–H and O–H groups in total. The molecule has 0 aliphatic carbocycles. The van der Waals surface area contributed by atoms with Crippen molar-refractivity contribution < 1.29 is 9.90 Å². The Morgan fingerprint density at radius 2 is 2.11 bits per heavy atom. The molecule has 0 aromatic heterocycles. The number of aliphatic carboxylic acids is 1. The monoisotopic (exact) mass is 281 g/mol. The molecule has 0 spiro atoms. The molecule has 1 rings (SSSR count). The van der Waals surface area contributed by atoms with Gasteiger partial charge in [-0.15, -0.1) is 0 Å². The van der Waals surface area contributed by atoms with Crippen LogP contribution in [0, 0.1) is 0 Å². The van der Waals surface area contributed by atoms with Crippen molar-refractivity contribution in [3.63, 3.8) is 0 Å². The molecule has 0 saturated heterocycles. The van der Waals surface area contributed by atoms with Gasteiger partial charge in [-0.2, -0.15) is 0 Å². The minimum Gasteiger partial charge on any atom is -0.478 e. The maximum Gasteiger partial charge on any atom is 0.328 e. The SMILES string of the molecule is CCC(C)(C)N(C)c1ccc(/C=C/C(=O)O)c(Cl)c1. The van der Waals surface area contributed by atoms with Gasteiger partial charge < -0.3 is 10.0 Å². The summed E-state index contributed by atoms with van der Waals surface area (Å²) in [5.41, 5.74) is 1.77. The van der Waals surface area contributed by atoms with E-state index in [9.17, 15) is 4.79 Å². The average Bonchev–Trinajstić information content (AvgIpc) is 2.36. The third kappa shape index (κ3) is 4.00. The molecule has 0 radical (unpaired) electrons. The van der Waals surface area contributed by atoms with E-state index in [1.54, 1.807) is 0 Å². The lowest BCUT2D eigenvalue weighted by atomic mass is 9.99. The Labute approximate surface area is 119 Å². The van der Waals surface area contributed by atoms with Gasteiger partial charge in [-0.05, 0) is 44.0 Å². The van der Waals surface area contributed by atoms with Crippen molar-refractivity contribution in [1.82, 2.24) is 0 Å². The van der Waals surface area contributed by atoms with Crippen LogP contribution >= 0.6 is 11.6 Å². The summed E-state index contributed by atoms with van der Waals surface area (Å²) in [4.78, 5) is 12.7. The van der Waals surface area contributed by atoms with Gasteiger partial charge in [0.2, 0.25) is 0 Å². The maximum absolute atomic E-state index is 10.5. The zero-order valence-electron chi connectivity index (χ0n) is 11.8. The van der Waals surface area contributed by atoms with Crippen molar-refractivity contribution in [1.29, 1.82) is 0 Å². The van der Waals surface area contributed by atoms with Crippen molar-refractivity contribution in [2.75, 3.05) is 11.9 Å². The molecule has 0 heterocycles. The van der Waals surface area contributed by atoms with Crippen molar-refractivity contribution in [2.24, 2.45) is 0 Å². The summed E-state index contributed by atoms with van der Waals surface area (Å²) in [6.07, 6.45) is 3.60. The molecule has 4 heteroatoms. The zero-order chi connectivity index (χ0) is 14.6. The number of hydrogen-bond acceptors (Lipinski definition) is 2. The number of nitrogens with zero attached hydrogens (tertiary/aromatic N) is 1. The van der Waals surface area contributed by atoms with Crippen LogP contribution in [0.5, 0.6) is 0 Å². The number of benzene rings is 1. The Kier molecular flexibility index (Phi) is 5.01. The molecule has 19 heavy (non-hydrogen) atoms. The fourth-order valence-corrected chi connectivity index (χ4v) is 1.85. The molecule has 104 valence electrons. The molecule has 0 amide bonds. The van der Waals surface area contributed by atoms with Crippen LogP contribution in [0.3, 0.4) is 0 Å². The molecular weight excluding hydrogens is 262 g/mol. The summed E-state index contributed by atoms with van der Waals surface area (Å²) in [6.45, 7) is 6.47. The maximum atomic E-state index is 10.5. The highest BCUT2D eigenvalue weighted by atomic mass is 35.5. The summed E-state index contributed by atoms with van der Waals surface area (Å²) in [6, 6.07) is 5.64. The predicted octanol–water partition coefficient (Wildman–Crippen LogP) is 4.06. The minimum atomic E-state index is -0.982. The van der Waals surface area contributed by atoms with Gasteiger partial charge >= 0.3 is 5.97 Å². The fourth-order valence-electron chi connectivity index (χ4n) is 1.61. The Hall–Kier alpha value is -1.48. The second kappa shape index (κ2) is 6.11. The van der Waals surface area contributed by atoms with E-state index in [0.717, 1.165) is 18.2 Å². The van der Waals surface area contributed by atoms with Gasteiger partial charge in [-0.3, -0.25) is 0 Å². The highest BCUT2D eigenvalue weighted by Gasteiger charge is 2.21. The Bertz CT molecular complexity index is 495. The number of carboxylic acids is 1. The Morgan fingerprint density at radius 1 is 1.47 bits per heavy atom. The lowest BCUT2D eigenvalue weighted by molar-refractivity contribution is -0.131. The summed E-state index contributed by atoms with van der Waals surface area (Å²) in [5, 5.41) is 9.16. The van der Waals surface area contributed by atoms with E-state index in [2.05, 4.69) is 25.7 Å². The fraction of sp³-hybridized carbons (Fsp3) is 0.400. The average molecular weight is 282 g/mol. The Morgan fingerprint density at radius 3 is 2.58 bits per heavy atom. The number of halogens is 1. The molecule has 0 aliphatic rings. The van der Waals surface area contributed by atoms with Crippen LogP contribution in [-0.4, -0.2) is 23.7 Å². The number of carbonyl (C=O) groups is 1. The third-order valence-corrected chi connectivity index (χ3v) is 3.88. The highest BCUT2D eigenvalue weighted by molar-refractivity contribution is 6.32. The van der Waals surface area contributed by atoms with Crippen LogP contribution in [0.15, 0.2) is 24.3 Å². The molecular formula is C15H20ClNO2. The van der Waals surface area contributed by atoms with E-state index in [1.807, 2.05) is 25.2 Å². The molecule has 1 aromatic rings. The van der Waals surface area contributed by atoms with Gasteiger partial charge in [-0.25, -0.2) is 4.79 Å². The van der Waals surface area contributed by atoms with Gasteiger partial charge in [0.15, 0.2) is 0 Å². The summed E-state index contributed by atoms with van der Waals surface area (Å²) >= 11 is 6.18. The zero-order valence-corrected chi connectivity index (χ0v) is 12.5. The van der Waals surface area contributed by atoms with Crippen LogP contribution in [0.1, 0.15) is 32.8 Å². The number of carboxylic acid groups (broad SMARTS) is 1. The van der Waals surface area contributed by atoms with Crippen LogP contribution in [0.25, 0.3) is 6.08 Å². The molecule has 0 saturated carbocycles. The summed E-state index contributed by atoms with van der Waals surface area (Å²) < 4.78 is 0. The molecule has 0 atom stereocenters. The topological polar surface area (TPSA) is 40.5 Å². The first-order chi connectivity index (χ1) is 8.77. The lowest BCUT2D eigenvalue weighted by Crippen LogP contribution is -2.40. The lowest BCUT2D eigenvalue weighted by Gasteiger charge is -2.37. The van der Waals surface area contributed by atoms with Gasteiger partial charge in [0.25, 0.3) is 0 Å². The third-order valence-electron chi connectivity index (χ3n) is 3.55. The summed E-state index contributed by atoms with van der Waals surface area (Å²) in [5.74, 6) is -0.982. The molecule has 0 bridgehead atoms. The quantitative estimate of drug-likeness (QED) is 0.827. The van der Waals surface area contributed by atoms with Crippen molar-refractivity contribution in [3.05, 3.63) is 34.9 Å². The van der Waals surface area contributed by atoms with Gasteiger partial charge in [0.05, 0.1) is 0 Å². The van der Waals surface area contributed by atoms with Gasteiger partial charge in [-0.1, -0.05) is 24.6 Å². The first-order valence-electron chi connectivity index (χ1n) is 6.22. The molecule has 3 nitrogen and oxygen atoms in total. The molecule has 0 fully saturated rings. The van der Waals surface area contributed by atoms with Gasteiger partial charge in [0, 0.05) is 29.4 Å². The van der Waals surface area contributed by atoms with Crippen LogP contribution in [0.2, 0.25) is 5.02 Å². The summed E-state index contributed by atoms with van der Waals surface area (Å²) in [7, 11) is 2.03. The van der Waals surface area contributed by atoms with Crippen LogP contribution in [0.4, 0.5) is 5.69 Å². The number of rotatable bonds is 5. The second-order valence-corrected chi connectivity index (χ2v) is 5.51. The number of hydrogen-bond donors (Lipinski definition) is 1. The van der Waals surface area contributed by atoms with E-state index < -0.39 is 5.97 Å². The first-order valence-corrected chi connectivity index (χ1v) is 6.60. The van der Waals surface area contributed by atoms with Crippen molar-refractivity contribution >= 4 is 29.3 Å². The van der Waals surface area contributed by atoms with E-state index in [-0.39, 0.29) is 5.54 Å². The van der Waals surface area contributed by atoms with Crippen LogP contribution in [-0.2, 0) is 4.79 Å². The van der Waals surface area contributed by atoms with E-state index in [4.69, 9.17) is 16.7 Å². The van der Waals surface area contributed by atoms with E-state index in [0.29, 0.717) is 10.6 Å². The molecule has 1 aromatic carbocycles. The van der Waals surface area contributed by atoms with Crippen LogP contribution < -0.4 is 4.90 Å². The predicted molar refractivity (Wildman–Crippen MR) is 80.9 cm³/mol. The van der Waals surface area contributed by atoms with E-state index >= 15 is 0 Å². The van der Waals surface area contributed by atoms with Gasteiger partial charge in [0.1, 0.15) is 0 Å². The highest BCUT2D eigenvalue weighted by Crippen LogP contribution is 2.29. The first kappa shape index (κ1) is 15.6. The minimum absolute atomic E-state index is 0.0434. The normalized spacial score (nSPS) is 11.8. The Balaban J connectivity index is 3.03. The van der Waals surface area contributed by atoms with Crippen molar-refractivity contribution in [2.45, 2.75) is 32.7 Å². The largest absolute Gasteiger partial charge is 0.478 e. The van der Waals surface area contributed by atoms with E-state index in [1.165, 1.54) is 6.08 Å².